The van der Waals surface area contributed by atoms with E-state index in [4.69, 9.17) is 5.73 Å². The molecule has 1 saturated heterocycles. The lowest BCUT2D eigenvalue weighted by molar-refractivity contribution is -0.122. The van der Waals surface area contributed by atoms with E-state index < -0.39 is 0 Å². The third-order valence-corrected chi connectivity index (χ3v) is 4.05. The maximum Gasteiger partial charge on any atom is 0.242 e. The van der Waals surface area contributed by atoms with E-state index in [1.807, 2.05) is 18.2 Å². The number of fused-ring (bicyclic) bond motifs is 1. The number of nitrogen functional groups attached to an aromatic ring is 1. The summed E-state index contributed by atoms with van der Waals surface area (Å²) < 4.78 is 0. The summed E-state index contributed by atoms with van der Waals surface area (Å²) in [6.45, 7) is 1.56. The molecule has 0 saturated carbocycles. The fourth-order valence-corrected chi connectivity index (χ4v) is 2.90. The fourth-order valence-electron chi connectivity index (χ4n) is 2.90. The first-order valence-electron chi connectivity index (χ1n) is 6.75. The number of nitrogens with one attached hydrogen (secondary N) is 1. The monoisotopic (exact) mass is 261 g/mol. The summed E-state index contributed by atoms with van der Waals surface area (Å²) >= 11 is 0. The molecule has 0 spiro atoms. The van der Waals surface area contributed by atoms with Crippen molar-refractivity contribution in [2.45, 2.75) is 31.4 Å². The van der Waals surface area contributed by atoms with Gasteiger partial charge in [0.15, 0.2) is 0 Å². The second kappa shape index (κ2) is 4.83. The zero-order chi connectivity index (χ0) is 13.4. The third-order valence-electron chi connectivity index (χ3n) is 4.05. The minimum absolute atomic E-state index is 0.0366. The van der Waals surface area contributed by atoms with Crippen molar-refractivity contribution in [1.29, 1.82) is 0 Å². The molecule has 1 atom stereocenters. The Kier molecular flexibility index (Phi) is 3.16. The van der Waals surface area contributed by atoms with Gasteiger partial charge in [-0.15, -0.1) is 0 Å². The van der Waals surface area contributed by atoms with Crippen molar-refractivity contribution in [3.05, 3.63) is 23.8 Å². The molecule has 0 radical (unpaired) electrons. The summed E-state index contributed by atoms with van der Waals surface area (Å²) in [7, 11) is 0. The Labute approximate surface area is 112 Å². The largest absolute Gasteiger partial charge is 0.399 e. The molecule has 1 amide bonds. The fraction of sp³-hybridized carbons (Fsp3) is 0.500. The summed E-state index contributed by atoms with van der Waals surface area (Å²) in [5.74, 6) is 0.0366. The lowest BCUT2D eigenvalue weighted by Gasteiger charge is -2.37. The first-order chi connectivity index (χ1) is 9.13. The molecule has 1 aromatic carbocycles. The summed E-state index contributed by atoms with van der Waals surface area (Å²) in [6, 6.07) is 5.54. The first kappa shape index (κ1) is 12.4. The number of nitrogens with zero attached hydrogens (tertiary/aromatic N) is 1. The second-order valence-corrected chi connectivity index (χ2v) is 5.39. The summed E-state index contributed by atoms with van der Waals surface area (Å²) in [5, 5.41) is 12.5. The van der Waals surface area contributed by atoms with Gasteiger partial charge in [-0.3, -0.25) is 9.69 Å². The number of rotatable bonds is 1. The number of aliphatic hydroxyl groups is 1. The number of amides is 1. The standard InChI is InChI=1S/C14H19N3O2/c15-10-2-1-9-7-13(14(19)16-12(9)8-10)17-5-3-11(18)4-6-17/h1-2,8,11,13,18H,3-7,15H2,(H,16,19). The molecule has 3 rings (SSSR count). The second-order valence-electron chi connectivity index (χ2n) is 5.39. The Hall–Kier alpha value is -1.59. The average molecular weight is 261 g/mol. The van der Waals surface area contributed by atoms with Crippen LogP contribution in [0.4, 0.5) is 11.4 Å². The van der Waals surface area contributed by atoms with Crippen molar-refractivity contribution in [3.63, 3.8) is 0 Å². The molecule has 0 aromatic heterocycles. The summed E-state index contributed by atoms with van der Waals surface area (Å²) in [4.78, 5) is 14.4. The van der Waals surface area contributed by atoms with Gasteiger partial charge in [0.2, 0.25) is 5.91 Å². The normalized spacial score (nSPS) is 24.9. The lowest BCUT2D eigenvalue weighted by Crippen LogP contribution is -2.51. The van der Waals surface area contributed by atoms with Gasteiger partial charge in [-0.1, -0.05) is 6.07 Å². The van der Waals surface area contributed by atoms with Gasteiger partial charge in [0.05, 0.1) is 12.1 Å². The van der Waals surface area contributed by atoms with Crippen molar-refractivity contribution in [2.24, 2.45) is 0 Å². The smallest absolute Gasteiger partial charge is 0.242 e. The number of anilines is 2. The van der Waals surface area contributed by atoms with E-state index >= 15 is 0 Å². The molecule has 19 heavy (non-hydrogen) atoms. The van der Waals surface area contributed by atoms with Crippen LogP contribution >= 0.6 is 0 Å². The maximum absolute atomic E-state index is 12.2. The average Bonchev–Trinajstić information content (AvgIpc) is 2.39. The molecule has 0 aliphatic carbocycles. The van der Waals surface area contributed by atoms with Crippen molar-refractivity contribution in [1.82, 2.24) is 4.90 Å². The maximum atomic E-state index is 12.2. The zero-order valence-corrected chi connectivity index (χ0v) is 10.8. The van der Waals surface area contributed by atoms with Crippen LogP contribution in [0.25, 0.3) is 0 Å². The van der Waals surface area contributed by atoms with Crippen LogP contribution in [-0.2, 0) is 11.2 Å². The van der Waals surface area contributed by atoms with E-state index in [2.05, 4.69) is 10.2 Å². The van der Waals surface area contributed by atoms with E-state index in [0.717, 1.165) is 43.6 Å². The molecular formula is C14H19N3O2. The number of aliphatic hydroxyl groups excluding tert-OH is 1. The van der Waals surface area contributed by atoms with E-state index in [-0.39, 0.29) is 18.1 Å². The minimum Gasteiger partial charge on any atom is -0.399 e. The van der Waals surface area contributed by atoms with E-state index in [1.165, 1.54) is 0 Å². The highest BCUT2D eigenvalue weighted by Gasteiger charge is 2.33. The van der Waals surface area contributed by atoms with Crippen molar-refractivity contribution in [2.75, 3.05) is 24.1 Å². The van der Waals surface area contributed by atoms with Crippen LogP contribution in [-0.4, -0.2) is 41.1 Å². The third kappa shape index (κ3) is 2.43. The highest BCUT2D eigenvalue weighted by atomic mass is 16.3. The highest BCUT2D eigenvalue weighted by Crippen LogP contribution is 2.28. The Morgan fingerprint density at radius 1 is 1.32 bits per heavy atom. The molecule has 4 N–H and O–H groups in total. The molecule has 0 bridgehead atoms. The van der Waals surface area contributed by atoms with Crippen LogP contribution in [0.5, 0.6) is 0 Å². The molecule has 5 nitrogen and oxygen atoms in total. The molecule has 2 aliphatic heterocycles. The number of nitrogens with two attached hydrogens (primary N) is 1. The van der Waals surface area contributed by atoms with Gasteiger partial charge in [0.1, 0.15) is 0 Å². The molecule has 2 aliphatic rings. The number of carbonyl (C=O) groups excluding carboxylic acids is 1. The van der Waals surface area contributed by atoms with E-state index in [9.17, 15) is 9.90 Å². The molecule has 1 unspecified atom stereocenters. The topological polar surface area (TPSA) is 78.6 Å². The number of piperidine rings is 1. The summed E-state index contributed by atoms with van der Waals surface area (Å²) in [5.41, 5.74) is 8.36. The SMILES string of the molecule is Nc1ccc2c(c1)NC(=O)C(N1CCC(O)CC1)C2. The Morgan fingerprint density at radius 2 is 2.05 bits per heavy atom. The first-order valence-corrected chi connectivity index (χ1v) is 6.75. The molecule has 1 aromatic rings. The summed E-state index contributed by atoms with van der Waals surface area (Å²) in [6.07, 6.45) is 2.00. The van der Waals surface area contributed by atoms with Crippen molar-refractivity contribution < 1.29 is 9.90 Å². The van der Waals surface area contributed by atoms with Gasteiger partial charge in [-0.2, -0.15) is 0 Å². The molecular weight excluding hydrogens is 242 g/mol. The molecule has 2 heterocycles. The van der Waals surface area contributed by atoms with Crippen LogP contribution in [0.3, 0.4) is 0 Å². The number of hydrogen-bond donors (Lipinski definition) is 3. The van der Waals surface area contributed by atoms with Crippen LogP contribution in [0.1, 0.15) is 18.4 Å². The van der Waals surface area contributed by atoms with E-state index in [0.29, 0.717) is 5.69 Å². The highest BCUT2D eigenvalue weighted by molar-refractivity contribution is 5.98. The van der Waals surface area contributed by atoms with Gasteiger partial charge >= 0.3 is 0 Å². The van der Waals surface area contributed by atoms with Gasteiger partial charge in [-0.05, 0) is 37.0 Å². The quantitative estimate of drug-likeness (QED) is 0.646. The Balaban J connectivity index is 1.78. The van der Waals surface area contributed by atoms with Crippen LogP contribution in [0, 0.1) is 0 Å². The zero-order valence-electron chi connectivity index (χ0n) is 10.8. The van der Waals surface area contributed by atoms with Crippen molar-refractivity contribution in [3.8, 4) is 0 Å². The lowest BCUT2D eigenvalue weighted by atomic mass is 9.95. The molecule has 1 fully saturated rings. The van der Waals surface area contributed by atoms with E-state index in [1.54, 1.807) is 0 Å². The number of hydrogen-bond acceptors (Lipinski definition) is 4. The van der Waals surface area contributed by atoms with Gasteiger partial charge in [0, 0.05) is 24.5 Å². The number of likely N-dealkylation sites (tertiary alicyclic amines) is 1. The Morgan fingerprint density at radius 3 is 2.79 bits per heavy atom. The molecule has 102 valence electrons. The van der Waals surface area contributed by atoms with Gasteiger partial charge in [0.25, 0.3) is 0 Å². The molecule has 5 heteroatoms. The predicted molar refractivity (Wildman–Crippen MR) is 73.8 cm³/mol. The minimum atomic E-state index is -0.213. The van der Waals surface area contributed by atoms with Crippen LogP contribution < -0.4 is 11.1 Å². The van der Waals surface area contributed by atoms with Gasteiger partial charge < -0.3 is 16.2 Å². The predicted octanol–water partition coefficient (Wildman–Crippen LogP) is 0.589. The number of carbonyl (C=O) groups is 1. The van der Waals surface area contributed by atoms with Crippen LogP contribution in [0.2, 0.25) is 0 Å². The number of benzene rings is 1. The van der Waals surface area contributed by atoms with Gasteiger partial charge in [-0.25, -0.2) is 0 Å². The van der Waals surface area contributed by atoms with Crippen LogP contribution in [0.15, 0.2) is 18.2 Å². The Bertz CT molecular complexity index is 495. The van der Waals surface area contributed by atoms with Crippen molar-refractivity contribution >= 4 is 17.3 Å².